The molecule has 7 nitrogen and oxygen atoms in total. The molecule has 0 spiro atoms. The number of nitriles is 1. The van der Waals surface area contributed by atoms with Crippen LogP contribution in [0.15, 0.2) is 47.4 Å². The van der Waals surface area contributed by atoms with Crippen molar-refractivity contribution < 1.29 is 17.9 Å². The predicted molar refractivity (Wildman–Crippen MR) is 124 cm³/mol. The zero-order chi connectivity index (χ0) is 23.1. The summed E-state index contributed by atoms with van der Waals surface area (Å²) in [5, 5.41) is 9.13. The Kier molecular flexibility index (Phi) is 8.13. The summed E-state index contributed by atoms with van der Waals surface area (Å²) in [4.78, 5) is 14.7. The zero-order valence-electron chi connectivity index (χ0n) is 18.0. The molecule has 0 unspecified atom stereocenters. The second-order valence-electron chi connectivity index (χ2n) is 7.40. The first-order chi connectivity index (χ1) is 15.4. The Hall–Kier alpha value is -2.60. The molecule has 0 radical (unpaired) electrons. The van der Waals surface area contributed by atoms with E-state index >= 15 is 0 Å². The lowest BCUT2D eigenvalue weighted by atomic mass is 10.1. The second-order valence-corrected chi connectivity index (χ2v) is 9.72. The van der Waals surface area contributed by atoms with Crippen molar-refractivity contribution in [2.75, 3.05) is 31.1 Å². The van der Waals surface area contributed by atoms with Crippen molar-refractivity contribution in [2.24, 2.45) is 0 Å². The lowest BCUT2D eigenvalue weighted by Crippen LogP contribution is -2.36. The Labute approximate surface area is 194 Å². The van der Waals surface area contributed by atoms with E-state index in [-0.39, 0.29) is 28.4 Å². The van der Waals surface area contributed by atoms with E-state index in [4.69, 9.17) is 21.6 Å². The number of carbonyl (C=O) groups is 1. The van der Waals surface area contributed by atoms with Crippen LogP contribution >= 0.6 is 11.6 Å². The number of halogens is 1. The lowest BCUT2D eigenvalue weighted by molar-refractivity contribution is 0.0987. The Balaban J connectivity index is 1.94. The highest BCUT2D eigenvalue weighted by atomic mass is 35.5. The van der Waals surface area contributed by atoms with Gasteiger partial charge in [0.05, 0.1) is 24.1 Å². The van der Waals surface area contributed by atoms with Crippen LogP contribution in [0.5, 0.6) is 5.75 Å². The van der Waals surface area contributed by atoms with Gasteiger partial charge < -0.3 is 9.64 Å². The SMILES string of the molecule is CCOc1ccc(N(CCC#N)C(=O)c2ccc(Cl)c(S(=O)(=O)N3CCCCC3)c2)cc1. The molecule has 1 saturated heterocycles. The van der Waals surface area contributed by atoms with E-state index in [1.165, 1.54) is 27.4 Å². The first-order valence-electron chi connectivity index (χ1n) is 10.6. The van der Waals surface area contributed by atoms with Gasteiger partial charge in [0.2, 0.25) is 10.0 Å². The van der Waals surface area contributed by atoms with Gasteiger partial charge in [0.25, 0.3) is 5.91 Å². The van der Waals surface area contributed by atoms with Gasteiger partial charge in [0.1, 0.15) is 10.6 Å². The normalized spacial score (nSPS) is 14.5. The predicted octanol–water partition coefficient (Wildman–Crippen LogP) is 4.47. The largest absolute Gasteiger partial charge is 0.494 e. The summed E-state index contributed by atoms with van der Waals surface area (Å²) in [6, 6.07) is 13.3. The molecule has 9 heteroatoms. The highest BCUT2D eigenvalue weighted by Crippen LogP contribution is 2.29. The molecule has 32 heavy (non-hydrogen) atoms. The van der Waals surface area contributed by atoms with Crippen molar-refractivity contribution in [1.29, 1.82) is 5.26 Å². The minimum absolute atomic E-state index is 0.0705. The number of sulfonamides is 1. The van der Waals surface area contributed by atoms with Gasteiger partial charge in [0.15, 0.2) is 0 Å². The maximum absolute atomic E-state index is 13.4. The van der Waals surface area contributed by atoms with E-state index in [9.17, 15) is 13.2 Å². The van der Waals surface area contributed by atoms with Crippen molar-refractivity contribution in [2.45, 2.75) is 37.5 Å². The third-order valence-corrected chi connectivity index (χ3v) is 7.64. The molecule has 0 atom stereocenters. The highest BCUT2D eigenvalue weighted by Gasteiger charge is 2.29. The van der Waals surface area contributed by atoms with Crippen LogP contribution in [0.1, 0.15) is 43.0 Å². The van der Waals surface area contributed by atoms with Crippen LogP contribution in [0.3, 0.4) is 0 Å². The van der Waals surface area contributed by atoms with Gasteiger partial charge in [-0.05, 0) is 62.2 Å². The zero-order valence-corrected chi connectivity index (χ0v) is 19.5. The fourth-order valence-corrected chi connectivity index (χ4v) is 5.65. The van der Waals surface area contributed by atoms with Crippen LogP contribution in [-0.2, 0) is 10.0 Å². The smallest absolute Gasteiger partial charge is 0.258 e. The molecule has 1 aliphatic rings. The van der Waals surface area contributed by atoms with E-state index in [0.717, 1.165) is 19.3 Å². The van der Waals surface area contributed by atoms with Gasteiger partial charge in [-0.2, -0.15) is 9.57 Å². The van der Waals surface area contributed by atoms with Gasteiger partial charge in [-0.15, -0.1) is 0 Å². The molecule has 2 aromatic carbocycles. The van der Waals surface area contributed by atoms with Crippen LogP contribution < -0.4 is 9.64 Å². The summed E-state index contributed by atoms with van der Waals surface area (Å²) < 4.78 is 33.2. The summed E-state index contributed by atoms with van der Waals surface area (Å²) in [6.07, 6.45) is 2.73. The van der Waals surface area contributed by atoms with Crippen LogP contribution in [-0.4, -0.2) is 44.9 Å². The first-order valence-corrected chi connectivity index (χ1v) is 12.4. The van der Waals surface area contributed by atoms with Crippen molar-refractivity contribution in [3.8, 4) is 11.8 Å². The van der Waals surface area contributed by atoms with E-state index in [0.29, 0.717) is 31.1 Å². The number of carbonyl (C=O) groups excluding carboxylic acids is 1. The van der Waals surface area contributed by atoms with Crippen molar-refractivity contribution in [3.05, 3.63) is 53.1 Å². The fourth-order valence-electron chi connectivity index (χ4n) is 3.63. The van der Waals surface area contributed by atoms with Gasteiger partial charge in [0, 0.05) is 30.9 Å². The molecule has 1 fully saturated rings. The molecule has 1 heterocycles. The van der Waals surface area contributed by atoms with E-state index in [1.54, 1.807) is 24.3 Å². The average Bonchev–Trinajstić information content (AvgIpc) is 2.81. The maximum Gasteiger partial charge on any atom is 0.258 e. The van der Waals surface area contributed by atoms with Crippen LogP contribution in [0.25, 0.3) is 0 Å². The van der Waals surface area contributed by atoms with Gasteiger partial charge in [-0.25, -0.2) is 8.42 Å². The van der Waals surface area contributed by atoms with Crippen molar-refractivity contribution in [3.63, 3.8) is 0 Å². The standard InChI is InChI=1S/C23H26ClN3O4S/c1-2-31-20-10-8-19(9-11-20)27(16-6-13-25)23(28)18-7-12-21(24)22(17-18)32(29,30)26-14-4-3-5-15-26/h7-12,17H,2-6,14-16H2,1H3. The van der Waals surface area contributed by atoms with Gasteiger partial charge in [-0.3, -0.25) is 4.79 Å². The summed E-state index contributed by atoms with van der Waals surface area (Å²) in [5.41, 5.74) is 0.779. The number of amides is 1. The molecular weight excluding hydrogens is 450 g/mol. The van der Waals surface area contributed by atoms with Gasteiger partial charge in [-0.1, -0.05) is 18.0 Å². The number of anilines is 1. The number of benzene rings is 2. The van der Waals surface area contributed by atoms with Crippen molar-refractivity contribution in [1.82, 2.24) is 4.31 Å². The van der Waals surface area contributed by atoms with Crippen LogP contribution in [0.2, 0.25) is 5.02 Å². The molecule has 0 saturated carbocycles. The molecule has 1 aliphatic heterocycles. The Morgan fingerprint density at radius 1 is 1.16 bits per heavy atom. The molecule has 0 N–H and O–H groups in total. The molecule has 1 amide bonds. The number of rotatable bonds is 8. The monoisotopic (exact) mass is 475 g/mol. The quantitative estimate of drug-likeness (QED) is 0.561. The molecule has 2 aromatic rings. The molecule has 0 bridgehead atoms. The Morgan fingerprint density at radius 3 is 2.47 bits per heavy atom. The average molecular weight is 476 g/mol. The van der Waals surface area contributed by atoms with Crippen molar-refractivity contribution >= 4 is 33.2 Å². The summed E-state index contributed by atoms with van der Waals surface area (Å²) in [6.45, 7) is 3.46. The number of ether oxygens (including phenoxy) is 1. The number of hydrogen-bond donors (Lipinski definition) is 0. The topological polar surface area (TPSA) is 90.7 Å². The van der Waals surface area contributed by atoms with E-state index in [1.807, 2.05) is 6.92 Å². The Morgan fingerprint density at radius 2 is 1.84 bits per heavy atom. The molecule has 0 aromatic heterocycles. The minimum atomic E-state index is -3.81. The molecular formula is C23H26ClN3O4S. The Bertz CT molecular complexity index is 1090. The second kappa shape index (κ2) is 10.8. The van der Waals surface area contributed by atoms with Crippen LogP contribution in [0, 0.1) is 11.3 Å². The lowest BCUT2D eigenvalue weighted by Gasteiger charge is -2.27. The third-order valence-electron chi connectivity index (χ3n) is 5.26. The number of piperidine rings is 1. The maximum atomic E-state index is 13.4. The van der Waals surface area contributed by atoms with Crippen LogP contribution in [0.4, 0.5) is 5.69 Å². The number of hydrogen-bond acceptors (Lipinski definition) is 5. The summed E-state index contributed by atoms with van der Waals surface area (Å²) in [5.74, 6) is 0.265. The third kappa shape index (κ3) is 5.41. The highest BCUT2D eigenvalue weighted by molar-refractivity contribution is 7.89. The van der Waals surface area contributed by atoms with Gasteiger partial charge >= 0.3 is 0 Å². The van der Waals surface area contributed by atoms with E-state index < -0.39 is 15.9 Å². The molecule has 3 rings (SSSR count). The molecule has 0 aliphatic carbocycles. The summed E-state index contributed by atoms with van der Waals surface area (Å²) in [7, 11) is -3.81. The molecule has 170 valence electrons. The first kappa shape index (κ1) is 24.1. The minimum Gasteiger partial charge on any atom is -0.494 e. The summed E-state index contributed by atoms with van der Waals surface area (Å²) >= 11 is 6.24. The number of nitrogens with zero attached hydrogens (tertiary/aromatic N) is 3. The van der Waals surface area contributed by atoms with E-state index in [2.05, 4.69) is 6.07 Å². The fraction of sp³-hybridized carbons (Fsp3) is 0.391.